The van der Waals surface area contributed by atoms with Gasteiger partial charge in [-0.05, 0) is 90.4 Å². The molecular formula is C22H29NO6S. The number of methoxy groups -OCH3 is 1. The lowest BCUT2D eigenvalue weighted by molar-refractivity contribution is -0.117. The third-order valence-corrected chi connectivity index (χ3v) is 9.54. The van der Waals surface area contributed by atoms with Crippen LogP contribution in [0.15, 0.2) is 12.1 Å². The predicted molar refractivity (Wildman–Crippen MR) is 109 cm³/mol. The van der Waals surface area contributed by atoms with Crippen molar-refractivity contribution >= 4 is 16.2 Å². The summed E-state index contributed by atoms with van der Waals surface area (Å²) in [7, 11) is -2.77. The first-order chi connectivity index (χ1) is 14.1. The van der Waals surface area contributed by atoms with Gasteiger partial charge in [-0.2, -0.15) is 8.42 Å². The van der Waals surface area contributed by atoms with Crippen molar-refractivity contribution in [1.29, 1.82) is 0 Å². The number of amides is 1. The number of aliphatic hydroxyl groups excluding tert-OH is 1. The Bertz CT molecular complexity index is 1020. The lowest BCUT2D eigenvalue weighted by Crippen LogP contribution is -2.47. The molecule has 0 aliphatic heterocycles. The van der Waals surface area contributed by atoms with E-state index < -0.39 is 16.2 Å². The van der Waals surface area contributed by atoms with E-state index in [2.05, 4.69) is 6.92 Å². The van der Waals surface area contributed by atoms with Crippen LogP contribution in [0.5, 0.6) is 11.5 Å². The topological polar surface area (TPSA) is 102 Å². The maximum absolute atomic E-state index is 12.1. The largest absolute Gasteiger partial charge is 0.493 e. The van der Waals surface area contributed by atoms with Gasteiger partial charge in [0.25, 0.3) is 0 Å². The van der Waals surface area contributed by atoms with E-state index in [0.717, 1.165) is 44.6 Å². The average molecular weight is 436 g/mol. The van der Waals surface area contributed by atoms with E-state index in [1.165, 1.54) is 19.1 Å². The van der Waals surface area contributed by atoms with Crippen molar-refractivity contribution in [3.8, 4) is 11.5 Å². The van der Waals surface area contributed by atoms with Crippen LogP contribution in [0, 0.1) is 22.7 Å². The van der Waals surface area contributed by atoms with Crippen LogP contribution in [0.3, 0.4) is 0 Å². The first kappa shape index (κ1) is 20.1. The van der Waals surface area contributed by atoms with Gasteiger partial charge in [-0.3, -0.25) is 4.79 Å². The number of benzene rings is 1. The van der Waals surface area contributed by atoms with Crippen LogP contribution in [0.25, 0.3) is 0 Å². The molecule has 1 amide bonds. The highest BCUT2D eigenvalue weighted by atomic mass is 32.2. The van der Waals surface area contributed by atoms with E-state index in [4.69, 9.17) is 8.92 Å². The fourth-order valence-corrected chi connectivity index (χ4v) is 8.10. The summed E-state index contributed by atoms with van der Waals surface area (Å²) in [5.74, 6) is 1.32. The van der Waals surface area contributed by atoms with Crippen molar-refractivity contribution in [2.75, 3.05) is 7.11 Å². The lowest BCUT2D eigenvalue weighted by atomic mass is 9.52. The van der Waals surface area contributed by atoms with Gasteiger partial charge in [0.15, 0.2) is 11.5 Å². The Morgan fingerprint density at radius 3 is 2.73 bits per heavy atom. The molecule has 0 heterocycles. The highest BCUT2D eigenvalue weighted by Crippen LogP contribution is 2.81. The fourth-order valence-electron chi connectivity index (χ4n) is 7.34. The number of aliphatic hydroxyl groups is 1. The fraction of sp³-hybridized carbons (Fsp3) is 0.682. The summed E-state index contributed by atoms with van der Waals surface area (Å²) in [4.78, 5) is 11.1. The maximum Gasteiger partial charge on any atom is 0.409 e. The number of rotatable bonds is 4. The monoisotopic (exact) mass is 435 g/mol. The summed E-state index contributed by atoms with van der Waals surface area (Å²) >= 11 is 0. The molecule has 2 N–H and O–H groups in total. The number of ether oxygens (including phenoxy) is 1. The molecule has 4 aliphatic rings. The van der Waals surface area contributed by atoms with Crippen LogP contribution in [0.2, 0.25) is 0 Å². The van der Waals surface area contributed by atoms with Gasteiger partial charge in [-0.1, -0.05) is 6.92 Å². The van der Waals surface area contributed by atoms with Crippen LogP contribution >= 0.6 is 0 Å². The smallest absolute Gasteiger partial charge is 0.409 e. The molecule has 4 aliphatic carbocycles. The first-order valence-corrected chi connectivity index (χ1v) is 12.1. The summed E-state index contributed by atoms with van der Waals surface area (Å²) in [6, 6.07) is 3.68. The predicted octanol–water partition coefficient (Wildman–Crippen LogP) is 2.67. The van der Waals surface area contributed by atoms with Crippen molar-refractivity contribution in [3.63, 3.8) is 0 Å². The second-order valence-corrected chi connectivity index (χ2v) is 11.1. The third kappa shape index (κ3) is 2.65. The van der Waals surface area contributed by atoms with Gasteiger partial charge in [0.05, 0.1) is 13.2 Å². The van der Waals surface area contributed by atoms with Crippen molar-refractivity contribution in [1.82, 2.24) is 4.72 Å². The zero-order valence-electron chi connectivity index (χ0n) is 17.6. The maximum atomic E-state index is 12.1. The summed E-state index contributed by atoms with van der Waals surface area (Å²) in [5.41, 5.74) is 2.58. The van der Waals surface area contributed by atoms with Crippen molar-refractivity contribution in [3.05, 3.63) is 23.3 Å². The van der Waals surface area contributed by atoms with E-state index in [9.17, 15) is 18.3 Å². The van der Waals surface area contributed by atoms with Crippen molar-refractivity contribution < 1.29 is 27.2 Å². The van der Waals surface area contributed by atoms with Gasteiger partial charge in [0, 0.05) is 6.92 Å². The Balaban J connectivity index is 1.49. The van der Waals surface area contributed by atoms with Crippen molar-refractivity contribution in [2.24, 2.45) is 22.7 Å². The lowest BCUT2D eigenvalue weighted by Gasteiger charge is -2.52. The Morgan fingerprint density at radius 2 is 2.03 bits per heavy atom. The summed E-state index contributed by atoms with van der Waals surface area (Å²) in [6.45, 7) is 3.41. The van der Waals surface area contributed by atoms with Crippen LogP contribution < -0.4 is 13.6 Å². The van der Waals surface area contributed by atoms with Crippen LogP contribution in [-0.2, 0) is 21.5 Å². The average Bonchev–Trinajstić information content (AvgIpc) is 3.31. The van der Waals surface area contributed by atoms with Gasteiger partial charge in [-0.25, -0.2) is 4.72 Å². The molecule has 3 fully saturated rings. The van der Waals surface area contributed by atoms with Crippen LogP contribution in [0.1, 0.15) is 63.0 Å². The molecule has 6 atom stereocenters. The molecule has 1 aromatic carbocycles. The molecule has 3 saturated carbocycles. The Kier molecular flexibility index (Phi) is 4.26. The molecule has 1 spiro atoms. The summed E-state index contributed by atoms with van der Waals surface area (Å²) in [5, 5.41) is 10.7. The Morgan fingerprint density at radius 1 is 1.27 bits per heavy atom. The van der Waals surface area contributed by atoms with Gasteiger partial charge in [0.1, 0.15) is 0 Å². The molecule has 0 bridgehead atoms. The number of nitrogens with one attached hydrogen (secondary N) is 1. The van der Waals surface area contributed by atoms with Gasteiger partial charge < -0.3 is 14.0 Å². The molecule has 8 heteroatoms. The molecule has 0 saturated heterocycles. The summed E-state index contributed by atoms with van der Waals surface area (Å²) < 4.78 is 36.6. The highest BCUT2D eigenvalue weighted by Gasteiger charge is 2.76. The normalized spacial score (nSPS) is 38.5. The highest BCUT2D eigenvalue weighted by molar-refractivity contribution is 7.85. The van der Waals surface area contributed by atoms with Crippen molar-refractivity contribution in [2.45, 2.75) is 64.4 Å². The molecule has 5 rings (SSSR count). The number of aryl methyl sites for hydroxylation is 1. The molecule has 0 radical (unpaired) electrons. The SMILES string of the molecule is COc1cc2c(cc1OS(=O)(=O)NC(C)=O)CC[C@@H]1[C@@H]2CC[C@]2(C)[C@@H](O)C[C@@H]3C[C@]312. The van der Waals surface area contributed by atoms with E-state index in [0.29, 0.717) is 23.5 Å². The molecule has 30 heavy (non-hydrogen) atoms. The molecule has 164 valence electrons. The molecular weight excluding hydrogens is 406 g/mol. The molecule has 0 unspecified atom stereocenters. The van der Waals surface area contributed by atoms with Crippen LogP contribution in [0.4, 0.5) is 0 Å². The van der Waals surface area contributed by atoms with Gasteiger partial charge >= 0.3 is 10.3 Å². The Labute approximate surface area is 177 Å². The zero-order valence-corrected chi connectivity index (χ0v) is 18.4. The van der Waals surface area contributed by atoms with Crippen LogP contribution in [-0.4, -0.2) is 32.6 Å². The quantitative estimate of drug-likeness (QED) is 0.754. The van der Waals surface area contributed by atoms with Gasteiger partial charge in [0.2, 0.25) is 5.91 Å². The number of fused-ring (bicyclic) bond motifs is 3. The number of carbonyl (C=O) groups is 1. The number of carbonyl (C=O) groups excluding carboxylic acids is 1. The summed E-state index contributed by atoms with van der Waals surface area (Å²) in [6.07, 6.45) is 5.89. The van der Waals surface area contributed by atoms with E-state index >= 15 is 0 Å². The third-order valence-electron chi connectivity index (χ3n) is 8.60. The molecule has 0 aromatic heterocycles. The van der Waals surface area contributed by atoms with E-state index in [1.54, 1.807) is 6.07 Å². The van der Waals surface area contributed by atoms with E-state index in [-0.39, 0.29) is 22.7 Å². The minimum atomic E-state index is -4.25. The second kappa shape index (κ2) is 6.36. The number of hydrogen-bond acceptors (Lipinski definition) is 6. The first-order valence-electron chi connectivity index (χ1n) is 10.7. The zero-order chi connectivity index (χ0) is 21.5. The van der Waals surface area contributed by atoms with E-state index in [1.807, 2.05) is 10.8 Å². The number of hydrogen-bond donors (Lipinski definition) is 2. The molecule has 7 nitrogen and oxygen atoms in total. The van der Waals surface area contributed by atoms with Gasteiger partial charge in [-0.15, -0.1) is 0 Å². The molecule has 1 aromatic rings. The minimum absolute atomic E-state index is 0.0237. The minimum Gasteiger partial charge on any atom is -0.493 e. The second-order valence-electron chi connectivity index (χ2n) is 9.80. The standard InChI is InChI=1S/C22H29NO6S/c1-12(24)23-30(26,27)29-19-8-13-4-5-17-15(16(13)10-18(19)28-3)6-7-21(2)20(25)9-14-11-22(14,17)21/h8,10,14-15,17,20,25H,4-7,9,11H2,1-3H3,(H,23,24)/t14-,15-,17-,20+,21-,22+/m1/s1. The Hall–Kier alpha value is -1.80.